The van der Waals surface area contributed by atoms with Crippen LogP contribution in [0.25, 0.3) is 0 Å². The Kier molecular flexibility index (Phi) is 8.15. The lowest BCUT2D eigenvalue weighted by atomic mass is 10.0. The van der Waals surface area contributed by atoms with E-state index in [0.29, 0.717) is 0 Å². The number of nitrogens with one attached hydrogen (secondary N) is 2. The number of hydrogen-bond donors (Lipinski definition) is 2. The van der Waals surface area contributed by atoms with Gasteiger partial charge >= 0.3 is 5.97 Å². The molecule has 0 bridgehead atoms. The van der Waals surface area contributed by atoms with Gasteiger partial charge in [0.15, 0.2) is 6.61 Å². The lowest BCUT2D eigenvalue weighted by molar-refractivity contribution is -0.151. The van der Waals surface area contributed by atoms with Crippen molar-refractivity contribution in [3.8, 4) is 0 Å². The van der Waals surface area contributed by atoms with Crippen LogP contribution in [0.2, 0.25) is 5.02 Å². The minimum Gasteiger partial charge on any atom is -0.454 e. The predicted octanol–water partition coefficient (Wildman–Crippen LogP) is 3.34. The number of carbonyl (C=O) groups is 3. The van der Waals surface area contributed by atoms with Crippen molar-refractivity contribution in [2.75, 3.05) is 11.9 Å². The minimum atomic E-state index is -0.895. The summed E-state index contributed by atoms with van der Waals surface area (Å²) in [6.07, 6.45) is 0.126. The van der Waals surface area contributed by atoms with E-state index in [1.165, 1.54) is 6.07 Å². The summed E-state index contributed by atoms with van der Waals surface area (Å²) in [6, 6.07) is 11.7. The number of carbonyl (C=O) groups excluding carboxylic acids is 3. The monoisotopic (exact) mass is 420 g/mol. The fourth-order valence-electron chi connectivity index (χ4n) is 2.51. The molecule has 2 rings (SSSR count). The van der Waals surface area contributed by atoms with Gasteiger partial charge in [0.1, 0.15) is 11.9 Å². The molecule has 0 aromatic heterocycles. The molecular weight excluding hydrogens is 399 g/mol. The SMILES string of the molecule is CC(C)[C@H](NC(=O)Cc1ccccc1)C(=O)OCC(=O)Nc1ccc(F)cc1Cl. The van der Waals surface area contributed by atoms with E-state index in [4.69, 9.17) is 16.3 Å². The number of amides is 2. The Labute approximate surface area is 173 Å². The molecule has 0 aliphatic heterocycles. The number of benzene rings is 2. The summed E-state index contributed by atoms with van der Waals surface area (Å²) >= 11 is 5.84. The molecule has 154 valence electrons. The molecule has 0 spiro atoms. The van der Waals surface area contributed by atoms with Crippen LogP contribution in [0.3, 0.4) is 0 Å². The van der Waals surface area contributed by atoms with Crippen molar-refractivity contribution >= 4 is 35.1 Å². The van der Waals surface area contributed by atoms with Gasteiger partial charge in [0.2, 0.25) is 5.91 Å². The van der Waals surface area contributed by atoms with E-state index in [0.717, 1.165) is 17.7 Å². The van der Waals surface area contributed by atoms with Crippen LogP contribution in [0.5, 0.6) is 0 Å². The van der Waals surface area contributed by atoms with Gasteiger partial charge in [-0.15, -0.1) is 0 Å². The van der Waals surface area contributed by atoms with Crippen LogP contribution in [0, 0.1) is 11.7 Å². The molecule has 0 heterocycles. The smallest absolute Gasteiger partial charge is 0.329 e. The Morgan fingerprint density at radius 1 is 1.07 bits per heavy atom. The minimum absolute atomic E-state index is 0.0258. The van der Waals surface area contributed by atoms with Gasteiger partial charge in [-0.3, -0.25) is 9.59 Å². The second-order valence-corrected chi connectivity index (χ2v) is 7.14. The highest BCUT2D eigenvalue weighted by molar-refractivity contribution is 6.33. The van der Waals surface area contributed by atoms with Crippen molar-refractivity contribution in [3.63, 3.8) is 0 Å². The average molecular weight is 421 g/mol. The van der Waals surface area contributed by atoms with Crippen LogP contribution in [-0.4, -0.2) is 30.4 Å². The molecule has 0 saturated carbocycles. The van der Waals surface area contributed by atoms with E-state index >= 15 is 0 Å². The molecule has 2 aromatic rings. The van der Waals surface area contributed by atoms with Crippen LogP contribution in [0.1, 0.15) is 19.4 Å². The van der Waals surface area contributed by atoms with Gasteiger partial charge in [0.05, 0.1) is 17.1 Å². The van der Waals surface area contributed by atoms with Gasteiger partial charge in [-0.1, -0.05) is 55.8 Å². The standard InChI is InChI=1S/C21H22ClFN2O4/c1-13(2)20(25-18(26)10-14-6-4-3-5-7-14)21(28)29-12-19(27)24-17-9-8-15(23)11-16(17)22/h3-9,11,13,20H,10,12H2,1-2H3,(H,24,27)(H,25,26)/t20-/m0/s1. The van der Waals surface area contributed by atoms with Gasteiger partial charge in [-0.05, 0) is 29.7 Å². The number of anilines is 1. The number of hydrogen-bond acceptors (Lipinski definition) is 4. The third-order valence-electron chi connectivity index (χ3n) is 4.00. The molecule has 2 N–H and O–H groups in total. The van der Waals surface area contributed by atoms with Crippen molar-refractivity contribution in [2.24, 2.45) is 5.92 Å². The van der Waals surface area contributed by atoms with Gasteiger partial charge in [-0.2, -0.15) is 0 Å². The quantitative estimate of drug-likeness (QED) is 0.641. The van der Waals surface area contributed by atoms with Crippen molar-refractivity contribution in [1.82, 2.24) is 5.32 Å². The normalized spacial score (nSPS) is 11.6. The lowest BCUT2D eigenvalue weighted by Gasteiger charge is -2.21. The number of ether oxygens (including phenoxy) is 1. The highest BCUT2D eigenvalue weighted by atomic mass is 35.5. The van der Waals surface area contributed by atoms with Gasteiger partial charge in [0, 0.05) is 0 Å². The van der Waals surface area contributed by atoms with Crippen molar-refractivity contribution in [2.45, 2.75) is 26.3 Å². The fourth-order valence-corrected chi connectivity index (χ4v) is 2.72. The molecule has 2 amide bonds. The highest BCUT2D eigenvalue weighted by Gasteiger charge is 2.26. The summed E-state index contributed by atoms with van der Waals surface area (Å²) in [5.41, 5.74) is 1.02. The maximum Gasteiger partial charge on any atom is 0.329 e. The molecule has 2 aromatic carbocycles. The molecule has 0 aliphatic rings. The molecular formula is C21H22ClFN2O4. The molecule has 29 heavy (non-hydrogen) atoms. The van der Waals surface area contributed by atoms with E-state index in [1.807, 2.05) is 30.3 Å². The van der Waals surface area contributed by atoms with Crippen molar-refractivity contribution in [1.29, 1.82) is 0 Å². The van der Waals surface area contributed by atoms with E-state index in [-0.39, 0.29) is 29.0 Å². The zero-order valence-corrected chi connectivity index (χ0v) is 16.8. The first-order valence-electron chi connectivity index (χ1n) is 9.01. The Morgan fingerprint density at radius 2 is 1.76 bits per heavy atom. The van der Waals surface area contributed by atoms with Crippen molar-refractivity contribution < 1.29 is 23.5 Å². The van der Waals surface area contributed by atoms with Crippen LogP contribution in [0.15, 0.2) is 48.5 Å². The van der Waals surface area contributed by atoms with E-state index in [9.17, 15) is 18.8 Å². The Balaban J connectivity index is 1.88. The largest absolute Gasteiger partial charge is 0.454 e. The second-order valence-electron chi connectivity index (χ2n) is 6.73. The van der Waals surface area contributed by atoms with Crippen LogP contribution < -0.4 is 10.6 Å². The first-order chi connectivity index (χ1) is 13.8. The number of rotatable bonds is 8. The maximum absolute atomic E-state index is 13.0. The van der Waals surface area contributed by atoms with E-state index in [1.54, 1.807) is 13.8 Å². The summed E-state index contributed by atoms with van der Waals surface area (Å²) in [5, 5.41) is 5.10. The Morgan fingerprint density at radius 3 is 2.38 bits per heavy atom. The highest BCUT2D eigenvalue weighted by Crippen LogP contribution is 2.22. The van der Waals surface area contributed by atoms with Crippen LogP contribution in [-0.2, 0) is 25.5 Å². The zero-order chi connectivity index (χ0) is 21.4. The first-order valence-corrected chi connectivity index (χ1v) is 9.39. The predicted molar refractivity (Wildman–Crippen MR) is 108 cm³/mol. The lowest BCUT2D eigenvalue weighted by Crippen LogP contribution is -2.46. The van der Waals surface area contributed by atoms with E-state index < -0.39 is 30.3 Å². The second kappa shape index (κ2) is 10.6. The van der Waals surface area contributed by atoms with Gasteiger partial charge < -0.3 is 15.4 Å². The number of halogens is 2. The number of esters is 1. The molecule has 6 nitrogen and oxygen atoms in total. The topological polar surface area (TPSA) is 84.5 Å². The fraction of sp³-hybridized carbons (Fsp3) is 0.286. The molecule has 0 aliphatic carbocycles. The van der Waals surface area contributed by atoms with Gasteiger partial charge in [0.25, 0.3) is 5.91 Å². The van der Waals surface area contributed by atoms with Crippen LogP contribution in [0.4, 0.5) is 10.1 Å². The third-order valence-corrected chi connectivity index (χ3v) is 4.31. The molecule has 1 atom stereocenters. The van der Waals surface area contributed by atoms with Crippen LogP contribution >= 0.6 is 11.6 Å². The maximum atomic E-state index is 13.0. The zero-order valence-electron chi connectivity index (χ0n) is 16.1. The Hall–Kier alpha value is -2.93. The molecule has 0 fully saturated rings. The summed E-state index contributed by atoms with van der Waals surface area (Å²) in [5.74, 6) is -2.46. The molecule has 8 heteroatoms. The summed E-state index contributed by atoms with van der Waals surface area (Å²) in [7, 11) is 0. The Bertz CT molecular complexity index is 874. The molecule has 0 saturated heterocycles. The first kappa shape index (κ1) is 22.4. The van der Waals surface area contributed by atoms with E-state index in [2.05, 4.69) is 10.6 Å². The molecule has 0 radical (unpaired) electrons. The average Bonchev–Trinajstić information content (AvgIpc) is 2.67. The summed E-state index contributed by atoms with van der Waals surface area (Å²) < 4.78 is 18.1. The third kappa shape index (κ3) is 7.19. The van der Waals surface area contributed by atoms with Crippen molar-refractivity contribution in [3.05, 3.63) is 64.9 Å². The molecule has 0 unspecified atom stereocenters. The van der Waals surface area contributed by atoms with Gasteiger partial charge in [-0.25, -0.2) is 9.18 Å². The summed E-state index contributed by atoms with van der Waals surface area (Å²) in [4.78, 5) is 36.6. The summed E-state index contributed by atoms with van der Waals surface area (Å²) in [6.45, 7) is 2.95.